The van der Waals surface area contributed by atoms with Crippen LogP contribution in [-0.2, 0) is 0 Å². The normalized spacial score (nSPS) is 10.6. The van der Waals surface area contributed by atoms with Crippen molar-refractivity contribution < 1.29 is 4.74 Å². The van der Waals surface area contributed by atoms with Gasteiger partial charge in [0.05, 0.1) is 11.8 Å². The van der Waals surface area contributed by atoms with Gasteiger partial charge in [0.25, 0.3) is 0 Å². The summed E-state index contributed by atoms with van der Waals surface area (Å²) >= 11 is 0. The lowest BCUT2D eigenvalue weighted by Crippen LogP contribution is -2.18. The topological polar surface area (TPSA) is 50.3 Å². The number of rotatable bonds is 7. The Bertz CT molecular complexity index is 836. The second-order valence-corrected chi connectivity index (χ2v) is 6.11. The molecule has 5 heteroatoms. The smallest absolute Gasteiger partial charge is 0.229 e. The third kappa shape index (κ3) is 4.30. The molecule has 134 valence electrons. The number of hydrogen-bond acceptors (Lipinski definition) is 5. The van der Waals surface area contributed by atoms with Crippen LogP contribution in [0.1, 0.15) is 20.8 Å². The maximum atomic E-state index is 5.86. The third-order valence-corrected chi connectivity index (χ3v) is 3.80. The molecule has 0 aliphatic carbocycles. The molecule has 0 atom stereocenters. The van der Waals surface area contributed by atoms with Crippen LogP contribution >= 0.6 is 0 Å². The first kappa shape index (κ1) is 17.7. The Morgan fingerprint density at radius 2 is 1.73 bits per heavy atom. The van der Waals surface area contributed by atoms with E-state index in [9.17, 15) is 0 Å². The van der Waals surface area contributed by atoms with Crippen molar-refractivity contribution in [3.8, 4) is 5.75 Å². The molecule has 0 spiro atoms. The molecule has 3 aromatic rings. The second-order valence-electron chi connectivity index (χ2n) is 6.11. The van der Waals surface area contributed by atoms with E-state index in [1.54, 1.807) is 6.20 Å². The summed E-state index contributed by atoms with van der Waals surface area (Å²) in [6, 6.07) is 19.9. The number of nitrogens with one attached hydrogen (secondary N) is 1. The summed E-state index contributed by atoms with van der Waals surface area (Å²) in [4.78, 5) is 11.2. The van der Waals surface area contributed by atoms with E-state index in [1.807, 2.05) is 62.4 Å². The standard InChI is InChI=1S/C21H24N4O/c1-4-25(17-10-6-5-7-11-17)20-14-15-22-21(24-20)23-18-12-8-9-13-19(18)26-16(2)3/h5-16H,4H2,1-3H3,(H,22,23,24). The maximum absolute atomic E-state index is 5.86. The minimum absolute atomic E-state index is 0.0962. The Labute approximate surface area is 154 Å². The van der Waals surface area contributed by atoms with Crippen LogP contribution in [0.4, 0.5) is 23.1 Å². The van der Waals surface area contributed by atoms with E-state index in [-0.39, 0.29) is 6.10 Å². The van der Waals surface area contributed by atoms with Crippen molar-refractivity contribution in [2.24, 2.45) is 0 Å². The number of para-hydroxylation sites is 3. The second kappa shape index (κ2) is 8.34. The Hall–Kier alpha value is -3.08. The van der Waals surface area contributed by atoms with Crippen molar-refractivity contribution >= 4 is 23.1 Å². The molecule has 0 amide bonds. The first-order valence-electron chi connectivity index (χ1n) is 8.85. The van der Waals surface area contributed by atoms with Crippen molar-refractivity contribution in [2.45, 2.75) is 26.9 Å². The first-order chi connectivity index (χ1) is 12.7. The van der Waals surface area contributed by atoms with Gasteiger partial charge in [-0.15, -0.1) is 0 Å². The predicted molar refractivity (Wildman–Crippen MR) is 107 cm³/mol. The van der Waals surface area contributed by atoms with Gasteiger partial charge in [0, 0.05) is 18.4 Å². The van der Waals surface area contributed by atoms with Gasteiger partial charge in [-0.3, -0.25) is 0 Å². The molecule has 0 aliphatic heterocycles. The van der Waals surface area contributed by atoms with Gasteiger partial charge < -0.3 is 15.0 Å². The van der Waals surface area contributed by atoms with Crippen molar-refractivity contribution in [3.63, 3.8) is 0 Å². The molecule has 0 bridgehead atoms. The van der Waals surface area contributed by atoms with Gasteiger partial charge in [-0.1, -0.05) is 30.3 Å². The molecule has 26 heavy (non-hydrogen) atoms. The highest BCUT2D eigenvalue weighted by Gasteiger charge is 2.11. The lowest BCUT2D eigenvalue weighted by Gasteiger charge is -2.22. The lowest BCUT2D eigenvalue weighted by molar-refractivity contribution is 0.244. The van der Waals surface area contributed by atoms with Crippen molar-refractivity contribution in [2.75, 3.05) is 16.8 Å². The van der Waals surface area contributed by atoms with E-state index in [4.69, 9.17) is 4.74 Å². The summed E-state index contributed by atoms with van der Waals surface area (Å²) in [5.74, 6) is 2.17. The van der Waals surface area contributed by atoms with Crippen molar-refractivity contribution in [1.29, 1.82) is 0 Å². The van der Waals surface area contributed by atoms with Crippen LogP contribution in [0.15, 0.2) is 66.9 Å². The molecule has 0 saturated heterocycles. The van der Waals surface area contributed by atoms with E-state index in [0.717, 1.165) is 29.5 Å². The Morgan fingerprint density at radius 1 is 1.00 bits per heavy atom. The van der Waals surface area contributed by atoms with Gasteiger partial charge in [0.1, 0.15) is 11.6 Å². The Morgan fingerprint density at radius 3 is 2.46 bits per heavy atom. The van der Waals surface area contributed by atoms with E-state index in [0.29, 0.717) is 5.95 Å². The number of benzene rings is 2. The largest absolute Gasteiger partial charge is 0.489 e. The van der Waals surface area contributed by atoms with Gasteiger partial charge in [0.2, 0.25) is 5.95 Å². The fraction of sp³-hybridized carbons (Fsp3) is 0.238. The van der Waals surface area contributed by atoms with Gasteiger partial charge in [-0.05, 0) is 51.1 Å². The van der Waals surface area contributed by atoms with Crippen LogP contribution < -0.4 is 15.0 Å². The number of ether oxygens (including phenoxy) is 1. The van der Waals surface area contributed by atoms with Crippen LogP contribution in [0.3, 0.4) is 0 Å². The Balaban J connectivity index is 1.86. The summed E-state index contributed by atoms with van der Waals surface area (Å²) in [6.45, 7) is 6.93. The number of hydrogen-bond donors (Lipinski definition) is 1. The van der Waals surface area contributed by atoms with Crippen LogP contribution in [0, 0.1) is 0 Å². The predicted octanol–water partition coefficient (Wildman–Crippen LogP) is 5.17. The highest BCUT2D eigenvalue weighted by atomic mass is 16.5. The van der Waals surface area contributed by atoms with Gasteiger partial charge in [-0.2, -0.15) is 4.98 Å². The Kier molecular flexibility index (Phi) is 5.69. The van der Waals surface area contributed by atoms with Crippen LogP contribution in [0.2, 0.25) is 0 Å². The zero-order valence-corrected chi connectivity index (χ0v) is 15.4. The monoisotopic (exact) mass is 348 g/mol. The zero-order valence-electron chi connectivity index (χ0n) is 15.4. The van der Waals surface area contributed by atoms with Gasteiger partial charge >= 0.3 is 0 Å². The van der Waals surface area contributed by atoms with E-state index in [1.165, 1.54) is 0 Å². The summed E-state index contributed by atoms with van der Waals surface area (Å²) < 4.78 is 5.86. The molecule has 1 aromatic heterocycles. The zero-order chi connectivity index (χ0) is 18.4. The minimum Gasteiger partial charge on any atom is -0.489 e. The number of aromatic nitrogens is 2. The first-order valence-corrected chi connectivity index (χ1v) is 8.85. The summed E-state index contributed by atoms with van der Waals surface area (Å²) in [7, 11) is 0. The molecular formula is C21H24N4O. The molecule has 0 unspecified atom stereocenters. The number of nitrogens with zero attached hydrogens (tertiary/aromatic N) is 3. The van der Waals surface area contributed by atoms with Crippen LogP contribution in [0.5, 0.6) is 5.75 Å². The molecular weight excluding hydrogens is 324 g/mol. The van der Waals surface area contributed by atoms with E-state index < -0.39 is 0 Å². The molecule has 0 saturated carbocycles. The fourth-order valence-electron chi connectivity index (χ4n) is 2.69. The maximum Gasteiger partial charge on any atom is 0.229 e. The van der Waals surface area contributed by atoms with E-state index >= 15 is 0 Å². The quantitative estimate of drug-likeness (QED) is 0.639. The summed E-state index contributed by atoms with van der Waals surface area (Å²) in [5, 5.41) is 3.27. The van der Waals surface area contributed by atoms with E-state index in [2.05, 4.69) is 39.2 Å². The molecule has 2 aromatic carbocycles. The van der Waals surface area contributed by atoms with Crippen LogP contribution in [0.25, 0.3) is 0 Å². The highest BCUT2D eigenvalue weighted by molar-refractivity contribution is 5.65. The highest BCUT2D eigenvalue weighted by Crippen LogP contribution is 2.28. The summed E-state index contributed by atoms with van der Waals surface area (Å²) in [6.07, 6.45) is 1.86. The molecule has 0 radical (unpaired) electrons. The molecule has 3 rings (SSSR count). The fourth-order valence-corrected chi connectivity index (χ4v) is 2.69. The van der Waals surface area contributed by atoms with Crippen molar-refractivity contribution in [3.05, 3.63) is 66.9 Å². The summed E-state index contributed by atoms with van der Waals surface area (Å²) in [5.41, 5.74) is 1.95. The average Bonchev–Trinajstić information content (AvgIpc) is 2.65. The lowest BCUT2D eigenvalue weighted by atomic mass is 10.3. The third-order valence-electron chi connectivity index (χ3n) is 3.80. The molecule has 1 heterocycles. The molecule has 0 fully saturated rings. The van der Waals surface area contributed by atoms with Gasteiger partial charge in [-0.25, -0.2) is 4.98 Å². The molecule has 1 N–H and O–H groups in total. The minimum atomic E-state index is 0.0962. The molecule has 0 aliphatic rings. The van der Waals surface area contributed by atoms with Crippen LogP contribution in [-0.4, -0.2) is 22.6 Å². The SMILES string of the molecule is CCN(c1ccccc1)c1ccnc(Nc2ccccc2OC(C)C)n1. The number of anilines is 4. The molecule has 5 nitrogen and oxygen atoms in total. The van der Waals surface area contributed by atoms with Crippen molar-refractivity contribution in [1.82, 2.24) is 9.97 Å². The van der Waals surface area contributed by atoms with Gasteiger partial charge in [0.15, 0.2) is 0 Å². The average molecular weight is 348 g/mol.